The number of halogens is 2. The highest BCUT2D eigenvalue weighted by Gasteiger charge is 2.03. The van der Waals surface area contributed by atoms with Gasteiger partial charge in [-0.1, -0.05) is 0 Å². The molecule has 6 heteroatoms. The molecule has 0 amide bonds. The van der Waals surface area contributed by atoms with Crippen LogP contribution < -0.4 is 10.3 Å². The number of benzene rings is 1. The van der Waals surface area contributed by atoms with E-state index in [1.165, 1.54) is 30.6 Å². The maximum absolute atomic E-state index is 12.9. The third-order valence-electron chi connectivity index (χ3n) is 1.77. The summed E-state index contributed by atoms with van der Waals surface area (Å²) in [5.74, 6) is 0.167. The van der Waals surface area contributed by atoms with Gasteiger partial charge in [0.25, 0.3) is 5.56 Å². The fourth-order valence-electron chi connectivity index (χ4n) is 1.07. The minimum atomic E-state index is -0.383. The van der Waals surface area contributed by atoms with E-state index in [-0.39, 0.29) is 21.7 Å². The predicted molar refractivity (Wildman–Crippen MR) is 59.0 cm³/mol. The molecular formula is C10H6BrFN2O2. The smallest absolute Gasteiger partial charge is 0.254 e. The van der Waals surface area contributed by atoms with E-state index in [2.05, 4.69) is 25.9 Å². The normalized spacial score (nSPS) is 10.1. The molecule has 0 fully saturated rings. The van der Waals surface area contributed by atoms with Gasteiger partial charge in [-0.2, -0.15) is 0 Å². The number of aromatic nitrogens is 2. The van der Waals surface area contributed by atoms with Crippen LogP contribution in [-0.4, -0.2) is 9.97 Å². The Morgan fingerprint density at radius 2 is 2.19 bits per heavy atom. The van der Waals surface area contributed by atoms with Gasteiger partial charge in [-0.25, -0.2) is 9.37 Å². The van der Waals surface area contributed by atoms with Crippen LogP contribution in [0.2, 0.25) is 0 Å². The van der Waals surface area contributed by atoms with Gasteiger partial charge < -0.3 is 9.72 Å². The van der Waals surface area contributed by atoms with Crippen molar-refractivity contribution in [3.8, 4) is 11.6 Å². The maximum atomic E-state index is 12.9. The van der Waals surface area contributed by atoms with Crippen LogP contribution in [0.15, 0.2) is 39.9 Å². The third kappa shape index (κ3) is 2.46. The first-order valence-electron chi connectivity index (χ1n) is 4.33. The second-order valence-corrected chi connectivity index (χ2v) is 3.78. The molecule has 2 aromatic rings. The summed E-state index contributed by atoms with van der Waals surface area (Å²) in [5, 5.41) is 0. The average molecular weight is 285 g/mol. The van der Waals surface area contributed by atoms with Crippen LogP contribution in [0.1, 0.15) is 0 Å². The first kappa shape index (κ1) is 10.8. The molecule has 0 aliphatic heterocycles. The number of ether oxygens (including phenoxy) is 1. The van der Waals surface area contributed by atoms with E-state index in [1.54, 1.807) is 0 Å². The molecular weight excluding hydrogens is 279 g/mol. The summed E-state index contributed by atoms with van der Waals surface area (Å²) in [6.07, 6.45) is 1.23. The van der Waals surface area contributed by atoms with Gasteiger partial charge in [0.15, 0.2) is 0 Å². The number of nitrogens with one attached hydrogen (secondary N) is 1. The zero-order valence-electron chi connectivity index (χ0n) is 7.91. The van der Waals surface area contributed by atoms with Crippen LogP contribution in [0, 0.1) is 5.82 Å². The van der Waals surface area contributed by atoms with Crippen LogP contribution in [-0.2, 0) is 0 Å². The highest BCUT2D eigenvalue weighted by atomic mass is 79.9. The Morgan fingerprint density at radius 1 is 1.38 bits per heavy atom. The molecule has 0 radical (unpaired) electrons. The molecule has 0 unspecified atom stereocenters. The summed E-state index contributed by atoms with van der Waals surface area (Å²) < 4.78 is 18.5. The largest absolute Gasteiger partial charge is 0.439 e. The van der Waals surface area contributed by atoms with E-state index < -0.39 is 0 Å². The highest BCUT2D eigenvalue weighted by Crippen LogP contribution is 2.24. The van der Waals surface area contributed by atoms with Crippen molar-refractivity contribution in [2.24, 2.45) is 0 Å². The lowest BCUT2D eigenvalue weighted by Gasteiger charge is -2.04. The van der Waals surface area contributed by atoms with E-state index in [0.717, 1.165) is 0 Å². The van der Waals surface area contributed by atoms with Crippen LogP contribution in [0.5, 0.6) is 11.6 Å². The lowest BCUT2D eigenvalue weighted by atomic mass is 10.3. The van der Waals surface area contributed by atoms with E-state index in [9.17, 15) is 9.18 Å². The third-order valence-corrected chi connectivity index (χ3v) is 2.37. The molecule has 1 aromatic carbocycles. The van der Waals surface area contributed by atoms with Crippen molar-refractivity contribution in [2.45, 2.75) is 0 Å². The van der Waals surface area contributed by atoms with Crippen molar-refractivity contribution in [2.75, 3.05) is 0 Å². The van der Waals surface area contributed by atoms with Gasteiger partial charge in [0.05, 0.1) is 16.9 Å². The van der Waals surface area contributed by atoms with Crippen LogP contribution >= 0.6 is 15.9 Å². The zero-order valence-corrected chi connectivity index (χ0v) is 9.49. The molecule has 1 heterocycles. The fourth-order valence-corrected chi connectivity index (χ4v) is 1.43. The molecule has 1 aromatic heterocycles. The van der Waals surface area contributed by atoms with E-state index in [4.69, 9.17) is 4.74 Å². The Balaban J connectivity index is 2.27. The Labute approximate surface area is 98.2 Å². The van der Waals surface area contributed by atoms with Crippen molar-refractivity contribution in [3.05, 3.63) is 51.2 Å². The van der Waals surface area contributed by atoms with Gasteiger partial charge in [0, 0.05) is 0 Å². The summed E-state index contributed by atoms with van der Waals surface area (Å²) in [5.41, 5.74) is -0.314. The number of nitrogens with zero attached hydrogens (tertiary/aromatic N) is 1. The summed E-state index contributed by atoms with van der Waals surface area (Å²) in [7, 11) is 0. The minimum Gasteiger partial charge on any atom is -0.439 e. The van der Waals surface area contributed by atoms with Gasteiger partial charge in [-0.15, -0.1) is 0 Å². The summed E-state index contributed by atoms with van der Waals surface area (Å²) in [4.78, 5) is 17.1. The minimum absolute atomic E-state index is 0.155. The van der Waals surface area contributed by atoms with Crippen molar-refractivity contribution >= 4 is 15.9 Å². The molecule has 0 bridgehead atoms. The van der Waals surface area contributed by atoms with Crippen LogP contribution in [0.3, 0.4) is 0 Å². The lowest BCUT2D eigenvalue weighted by molar-refractivity contribution is 0.458. The molecule has 2 rings (SSSR count). The lowest BCUT2D eigenvalue weighted by Crippen LogP contribution is -2.04. The zero-order chi connectivity index (χ0) is 11.5. The maximum Gasteiger partial charge on any atom is 0.254 e. The molecule has 0 atom stereocenters. The topological polar surface area (TPSA) is 55.0 Å². The number of H-pyrrole nitrogens is 1. The highest BCUT2D eigenvalue weighted by molar-refractivity contribution is 9.10. The van der Waals surface area contributed by atoms with Crippen LogP contribution in [0.4, 0.5) is 4.39 Å². The van der Waals surface area contributed by atoms with Gasteiger partial charge in [-0.3, -0.25) is 4.79 Å². The Morgan fingerprint density at radius 3 is 2.88 bits per heavy atom. The Bertz CT molecular complexity index is 571. The summed E-state index contributed by atoms with van der Waals surface area (Å²) >= 11 is 3.03. The number of aromatic amines is 1. The standard InChI is InChI=1S/C10H6BrFN2O2/c11-7-3-6(1-2-8(7)12)16-10-4-9(15)13-5-14-10/h1-5H,(H,13,14,15). The quantitative estimate of drug-likeness (QED) is 0.922. The van der Waals surface area contributed by atoms with Crippen LogP contribution in [0.25, 0.3) is 0 Å². The molecule has 0 saturated heterocycles. The van der Waals surface area contributed by atoms with Crippen molar-refractivity contribution in [1.82, 2.24) is 9.97 Å². The Hall–Kier alpha value is -1.69. The van der Waals surface area contributed by atoms with Crippen molar-refractivity contribution in [1.29, 1.82) is 0 Å². The van der Waals surface area contributed by atoms with Gasteiger partial charge in [0.1, 0.15) is 11.6 Å². The number of hydrogen-bond acceptors (Lipinski definition) is 3. The van der Waals surface area contributed by atoms with Gasteiger partial charge in [-0.05, 0) is 34.1 Å². The Kier molecular flexibility index (Phi) is 3.00. The van der Waals surface area contributed by atoms with Gasteiger partial charge in [0.2, 0.25) is 5.88 Å². The summed E-state index contributed by atoms with van der Waals surface area (Å²) in [6, 6.07) is 5.37. The SMILES string of the molecule is O=c1cc(Oc2ccc(F)c(Br)c2)nc[nH]1. The molecule has 0 saturated carbocycles. The molecule has 82 valence electrons. The average Bonchev–Trinajstić information content (AvgIpc) is 2.24. The summed E-state index contributed by atoms with van der Waals surface area (Å²) in [6.45, 7) is 0. The first-order valence-corrected chi connectivity index (χ1v) is 5.12. The monoisotopic (exact) mass is 284 g/mol. The molecule has 4 nitrogen and oxygen atoms in total. The van der Waals surface area contributed by atoms with E-state index >= 15 is 0 Å². The van der Waals surface area contributed by atoms with Gasteiger partial charge >= 0.3 is 0 Å². The second-order valence-electron chi connectivity index (χ2n) is 2.93. The first-order chi connectivity index (χ1) is 7.65. The predicted octanol–water partition coefficient (Wildman–Crippen LogP) is 2.46. The molecule has 0 aliphatic rings. The number of hydrogen-bond donors (Lipinski definition) is 1. The van der Waals surface area contributed by atoms with Crippen molar-refractivity contribution in [3.63, 3.8) is 0 Å². The van der Waals surface area contributed by atoms with E-state index in [1.807, 2.05) is 0 Å². The number of rotatable bonds is 2. The second kappa shape index (κ2) is 4.44. The van der Waals surface area contributed by atoms with Crippen molar-refractivity contribution < 1.29 is 9.13 Å². The molecule has 0 aliphatic carbocycles. The molecule has 16 heavy (non-hydrogen) atoms. The molecule has 0 spiro atoms. The molecule has 1 N–H and O–H groups in total. The van der Waals surface area contributed by atoms with E-state index in [0.29, 0.717) is 5.75 Å². The fraction of sp³-hybridized carbons (Fsp3) is 0.